The van der Waals surface area contributed by atoms with Crippen LogP contribution in [-0.2, 0) is 4.79 Å². The number of hydrogen-bond acceptors (Lipinski definition) is 2. The third-order valence-electron chi connectivity index (χ3n) is 3.44. The molecule has 3 nitrogen and oxygen atoms in total. The summed E-state index contributed by atoms with van der Waals surface area (Å²) in [6, 6.07) is 10.8. The first-order valence-corrected chi connectivity index (χ1v) is 7.63. The van der Waals surface area contributed by atoms with E-state index < -0.39 is 6.10 Å². The molecule has 0 saturated carbocycles. The van der Waals surface area contributed by atoms with Crippen LogP contribution in [-0.4, -0.2) is 12.0 Å². The molecule has 0 bridgehead atoms. The molecule has 0 aliphatic rings. The normalized spacial score (nSPS) is 11.9. The summed E-state index contributed by atoms with van der Waals surface area (Å²) in [5.41, 5.74) is 2.60. The Bertz CT molecular complexity index is 701. The molecule has 1 atom stereocenters. The molecule has 116 valence electrons. The van der Waals surface area contributed by atoms with Crippen molar-refractivity contribution in [2.45, 2.75) is 26.9 Å². The molecule has 1 unspecified atom stereocenters. The van der Waals surface area contributed by atoms with Crippen molar-refractivity contribution in [2.75, 3.05) is 5.32 Å². The van der Waals surface area contributed by atoms with Crippen molar-refractivity contribution in [1.29, 1.82) is 0 Å². The number of halogens is 2. The number of hydrogen-bond donors (Lipinski definition) is 1. The molecule has 0 radical (unpaired) electrons. The molecule has 2 aromatic rings. The van der Waals surface area contributed by atoms with Crippen LogP contribution in [0.1, 0.15) is 18.1 Å². The molecule has 0 heterocycles. The van der Waals surface area contributed by atoms with Gasteiger partial charge in [-0.25, -0.2) is 0 Å². The minimum absolute atomic E-state index is 0.287. The predicted molar refractivity (Wildman–Crippen MR) is 91.1 cm³/mol. The highest BCUT2D eigenvalue weighted by Gasteiger charge is 2.17. The standard InChI is InChI=1S/C17H17Cl2NO2/c1-10-6-4-9-15(11(10)2)22-12(3)17(21)20-14-8-5-7-13(18)16(14)19/h4-9,12H,1-3H3,(H,20,21). The lowest BCUT2D eigenvalue weighted by atomic mass is 10.1. The first-order valence-electron chi connectivity index (χ1n) is 6.88. The highest BCUT2D eigenvalue weighted by molar-refractivity contribution is 6.44. The third kappa shape index (κ3) is 3.73. The molecule has 2 rings (SSSR count). The molecule has 2 aromatic carbocycles. The summed E-state index contributed by atoms with van der Waals surface area (Å²) < 4.78 is 5.74. The van der Waals surface area contributed by atoms with Gasteiger partial charge in [0.05, 0.1) is 15.7 Å². The van der Waals surface area contributed by atoms with Crippen molar-refractivity contribution in [3.05, 3.63) is 57.6 Å². The van der Waals surface area contributed by atoms with Crippen molar-refractivity contribution in [2.24, 2.45) is 0 Å². The number of ether oxygens (including phenoxy) is 1. The number of carbonyl (C=O) groups is 1. The van der Waals surface area contributed by atoms with E-state index in [4.69, 9.17) is 27.9 Å². The molecule has 0 spiro atoms. The Morgan fingerprint density at radius 2 is 1.82 bits per heavy atom. The van der Waals surface area contributed by atoms with Crippen LogP contribution < -0.4 is 10.1 Å². The molecule has 22 heavy (non-hydrogen) atoms. The smallest absolute Gasteiger partial charge is 0.265 e. The Balaban J connectivity index is 2.09. The van der Waals surface area contributed by atoms with Gasteiger partial charge in [-0.3, -0.25) is 4.79 Å². The molecule has 0 saturated heterocycles. The van der Waals surface area contributed by atoms with Gasteiger partial charge in [0.2, 0.25) is 0 Å². The highest BCUT2D eigenvalue weighted by Crippen LogP contribution is 2.30. The monoisotopic (exact) mass is 337 g/mol. The molecule has 1 N–H and O–H groups in total. The Hall–Kier alpha value is -1.71. The van der Waals surface area contributed by atoms with Gasteiger partial charge in [0.15, 0.2) is 6.10 Å². The Labute approximate surface area is 140 Å². The van der Waals surface area contributed by atoms with E-state index in [1.54, 1.807) is 25.1 Å². The van der Waals surface area contributed by atoms with E-state index in [0.29, 0.717) is 21.5 Å². The van der Waals surface area contributed by atoms with Crippen molar-refractivity contribution in [1.82, 2.24) is 0 Å². The van der Waals surface area contributed by atoms with Gasteiger partial charge in [-0.2, -0.15) is 0 Å². The molecule has 1 amide bonds. The molecule has 0 aliphatic heterocycles. The van der Waals surface area contributed by atoms with E-state index in [9.17, 15) is 4.79 Å². The van der Waals surface area contributed by atoms with Crippen LogP contribution in [0.25, 0.3) is 0 Å². The van der Waals surface area contributed by atoms with Gasteiger partial charge < -0.3 is 10.1 Å². The van der Waals surface area contributed by atoms with Crippen molar-refractivity contribution >= 4 is 34.8 Å². The lowest BCUT2D eigenvalue weighted by Gasteiger charge is -2.17. The first kappa shape index (κ1) is 16.7. The average molecular weight is 338 g/mol. The number of rotatable bonds is 4. The summed E-state index contributed by atoms with van der Waals surface area (Å²) in [5.74, 6) is 0.407. The zero-order valence-electron chi connectivity index (χ0n) is 12.6. The van der Waals surface area contributed by atoms with Crippen LogP contribution in [0.4, 0.5) is 5.69 Å². The van der Waals surface area contributed by atoms with Gasteiger partial charge in [0.1, 0.15) is 5.75 Å². The van der Waals surface area contributed by atoms with Gasteiger partial charge in [-0.05, 0) is 50.1 Å². The minimum Gasteiger partial charge on any atom is -0.481 e. The topological polar surface area (TPSA) is 38.3 Å². The largest absolute Gasteiger partial charge is 0.481 e. The first-order chi connectivity index (χ1) is 10.4. The van der Waals surface area contributed by atoms with E-state index in [-0.39, 0.29) is 5.91 Å². The van der Waals surface area contributed by atoms with Gasteiger partial charge in [-0.1, -0.05) is 41.4 Å². The maximum Gasteiger partial charge on any atom is 0.265 e. The number of aryl methyl sites for hydroxylation is 1. The fourth-order valence-corrected chi connectivity index (χ4v) is 2.28. The van der Waals surface area contributed by atoms with E-state index in [1.165, 1.54) is 0 Å². The van der Waals surface area contributed by atoms with Crippen LogP contribution in [0.5, 0.6) is 5.75 Å². The summed E-state index contributed by atoms with van der Waals surface area (Å²) in [5, 5.41) is 3.43. The zero-order chi connectivity index (χ0) is 16.3. The van der Waals surface area contributed by atoms with Crippen LogP contribution in [0.3, 0.4) is 0 Å². The molecule has 5 heteroatoms. The summed E-state index contributed by atoms with van der Waals surface area (Å²) in [4.78, 5) is 12.2. The number of benzene rings is 2. The van der Waals surface area contributed by atoms with Gasteiger partial charge in [0.25, 0.3) is 5.91 Å². The number of amides is 1. The summed E-state index contributed by atoms with van der Waals surface area (Å²) in [6.07, 6.45) is -0.657. The Kier molecular flexibility index (Phi) is 5.33. The van der Waals surface area contributed by atoms with E-state index in [1.807, 2.05) is 32.0 Å². The molecular formula is C17H17Cl2NO2. The molecule has 0 aromatic heterocycles. The number of carbonyl (C=O) groups excluding carboxylic acids is 1. The number of anilines is 1. The minimum atomic E-state index is -0.657. The fourth-order valence-electron chi connectivity index (χ4n) is 1.93. The SMILES string of the molecule is Cc1cccc(OC(C)C(=O)Nc2cccc(Cl)c2Cl)c1C. The van der Waals surface area contributed by atoms with E-state index in [2.05, 4.69) is 5.32 Å². The summed E-state index contributed by atoms with van der Waals surface area (Å²) in [6.45, 7) is 5.65. The molecular weight excluding hydrogens is 321 g/mol. The van der Waals surface area contributed by atoms with Crippen molar-refractivity contribution in [3.8, 4) is 5.75 Å². The van der Waals surface area contributed by atoms with Crippen LogP contribution in [0, 0.1) is 13.8 Å². The quantitative estimate of drug-likeness (QED) is 0.850. The maximum absolute atomic E-state index is 12.2. The van der Waals surface area contributed by atoms with Crippen LogP contribution in [0.15, 0.2) is 36.4 Å². The van der Waals surface area contributed by atoms with E-state index in [0.717, 1.165) is 11.1 Å². The maximum atomic E-state index is 12.2. The lowest BCUT2D eigenvalue weighted by Crippen LogP contribution is -2.30. The van der Waals surface area contributed by atoms with Crippen molar-refractivity contribution < 1.29 is 9.53 Å². The average Bonchev–Trinajstić information content (AvgIpc) is 2.48. The lowest BCUT2D eigenvalue weighted by molar-refractivity contribution is -0.122. The van der Waals surface area contributed by atoms with Crippen LogP contribution >= 0.6 is 23.2 Å². The predicted octanol–water partition coefficient (Wildman–Crippen LogP) is 5.02. The Morgan fingerprint density at radius 3 is 2.55 bits per heavy atom. The summed E-state index contributed by atoms with van der Waals surface area (Å²) >= 11 is 12.0. The van der Waals surface area contributed by atoms with Crippen LogP contribution in [0.2, 0.25) is 10.0 Å². The molecule has 0 fully saturated rings. The second-order valence-electron chi connectivity index (χ2n) is 5.05. The highest BCUT2D eigenvalue weighted by atomic mass is 35.5. The van der Waals surface area contributed by atoms with Crippen molar-refractivity contribution in [3.63, 3.8) is 0 Å². The summed E-state index contributed by atoms with van der Waals surface area (Å²) in [7, 11) is 0. The van der Waals surface area contributed by atoms with Gasteiger partial charge >= 0.3 is 0 Å². The molecule has 0 aliphatic carbocycles. The van der Waals surface area contributed by atoms with E-state index >= 15 is 0 Å². The second-order valence-corrected chi connectivity index (χ2v) is 5.83. The Morgan fingerprint density at radius 1 is 1.14 bits per heavy atom. The third-order valence-corrected chi connectivity index (χ3v) is 4.26. The fraction of sp³-hybridized carbons (Fsp3) is 0.235. The second kappa shape index (κ2) is 7.03. The number of nitrogens with one attached hydrogen (secondary N) is 1. The van der Waals surface area contributed by atoms with Gasteiger partial charge in [0, 0.05) is 0 Å². The van der Waals surface area contributed by atoms with Gasteiger partial charge in [-0.15, -0.1) is 0 Å². The zero-order valence-corrected chi connectivity index (χ0v) is 14.1.